The molecule has 0 amide bonds. The molecule has 0 saturated heterocycles. The van der Waals surface area contributed by atoms with Crippen LogP contribution in [0, 0.1) is 0 Å². The molecule has 0 aliphatic heterocycles. The molecule has 1 aromatic rings. The first-order valence-corrected chi connectivity index (χ1v) is 5.45. The van der Waals surface area contributed by atoms with Gasteiger partial charge in [0.05, 0.1) is 0 Å². The number of allylic oxidation sites excluding steroid dienone is 1. The van der Waals surface area contributed by atoms with Gasteiger partial charge in [0.1, 0.15) is 0 Å². The van der Waals surface area contributed by atoms with Crippen LogP contribution in [0.3, 0.4) is 0 Å². The average Bonchev–Trinajstić information content (AvgIpc) is 2.06. The fourth-order valence-electron chi connectivity index (χ4n) is 0.727. The summed E-state index contributed by atoms with van der Waals surface area (Å²) in [7, 11) is 0. The van der Waals surface area contributed by atoms with Gasteiger partial charge in [0.2, 0.25) is 0 Å². The molecule has 0 radical (unpaired) electrons. The summed E-state index contributed by atoms with van der Waals surface area (Å²) in [6.45, 7) is 6.16. The van der Waals surface area contributed by atoms with E-state index in [1.165, 1.54) is 8.93 Å². The summed E-state index contributed by atoms with van der Waals surface area (Å²) < 4.78 is 2.79. The third-order valence-corrected chi connectivity index (χ3v) is 3.68. The molecule has 0 spiro atoms. The SMILES string of the molecule is C=C(CC)[Se]c1ccccc1. The first kappa shape index (κ1) is 8.57. The Kier molecular flexibility index (Phi) is 3.41. The number of benzene rings is 1. The van der Waals surface area contributed by atoms with Crippen LogP contribution < -0.4 is 4.46 Å². The molecule has 1 heteroatoms. The molecule has 0 bridgehead atoms. The maximum absolute atomic E-state index is 4.00. The third-order valence-electron chi connectivity index (χ3n) is 1.40. The predicted octanol–water partition coefficient (Wildman–Crippen LogP) is 1.94. The Morgan fingerprint density at radius 1 is 1.36 bits per heavy atom. The quantitative estimate of drug-likeness (QED) is 0.670. The van der Waals surface area contributed by atoms with Crippen molar-refractivity contribution in [1.29, 1.82) is 0 Å². The Hall–Kier alpha value is -0.521. The van der Waals surface area contributed by atoms with Gasteiger partial charge < -0.3 is 0 Å². The standard InChI is InChI=1S/C10H12Se/c1-3-9(2)11-10-7-5-4-6-8-10/h4-8H,2-3H2,1H3. The van der Waals surface area contributed by atoms with E-state index in [4.69, 9.17) is 0 Å². The van der Waals surface area contributed by atoms with Crippen molar-refractivity contribution in [2.24, 2.45) is 0 Å². The van der Waals surface area contributed by atoms with Gasteiger partial charge in [0.25, 0.3) is 0 Å². The molecule has 0 nitrogen and oxygen atoms in total. The van der Waals surface area contributed by atoms with Gasteiger partial charge in [-0.2, -0.15) is 0 Å². The van der Waals surface area contributed by atoms with Gasteiger partial charge >= 0.3 is 74.1 Å². The minimum absolute atomic E-state index is 0.482. The van der Waals surface area contributed by atoms with Gasteiger partial charge in [-0.3, -0.25) is 0 Å². The van der Waals surface area contributed by atoms with Crippen LogP contribution in [0.1, 0.15) is 13.3 Å². The molecule has 0 fully saturated rings. The van der Waals surface area contributed by atoms with E-state index in [0.29, 0.717) is 15.0 Å². The van der Waals surface area contributed by atoms with Crippen molar-refractivity contribution in [1.82, 2.24) is 0 Å². The van der Waals surface area contributed by atoms with Crippen LogP contribution in [0.15, 0.2) is 41.4 Å². The molecule has 0 saturated carbocycles. The van der Waals surface area contributed by atoms with Gasteiger partial charge in [-0.1, -0.05) is 0 Å². The number of rotatable bonds is 3. The Bertz CT molecular complexity index is 226. The predicted molar refractivity (Wildman–Crippen MR) is 51.3 cm³/mol. The van der Waals surface area contributed by atoms with Crippen LogP contribution in [0.2, 0.25) is 0 Å². The van der Waals surface area contributed by atoms with E-state index in [9.17, 15) is 0 Å². The molecule has 11 heavy (non-hydrogen) atoms. The van der Waals surface area contributed by atoms with Crippen molar-refractivity contribution in [2.75, 3.05) is 0 Å². The van der Waals surface area contributed by atoms with E-state index in [2.05, 4.69) is 37.8 Å². The molecule has 1 aromatic carbocycles. The van der Waals surface area contributed by atoms with Crippen molar-refractivity contribution in [3.05, 3.63) is 41.4 Å². The minimum atomic E-state index is 0.482. The second-order valence-electron chi connectivity index (χ2n) is 2.31. The van der Waals surface area contributed by atoms with Gasteiger partial charge in [-0.05, 0) is 0 Å². The molecule has 58 valence electrons. The molecule has 1 rings (SSSR count). The fraction of sp³-hybridized carbons (Fsp3) is 0.200. The zero-order valence-corrected chi connectivity index (χ0v) is 8.42. The third kappa shape index (κ3) is 2.92. The zero-order chi connectivity index (χ0) is 8.10. The summed E-state index contributed by atoms with van der Waals surface area (Å²) in [6.07, 6.45) is 1.11. The fourth-order valence-corrected chi connectivity index (χ4v) is 2.34. The van der Waals surface area contributed by atoms with E-state index < -0.39 is 0 Å². The van der Waals surface area contributed by atoms with Crippen molar-refractivity contribution in [2.45, 2.75) is 13.3 Å². The second kappa shape index (κ2) is 4.38. The van der Waals surface area contributed by atoms with Gasteiger partial charge in [0.15, 0.2) is 0 Å². The first-order valence-electron chi connectivity index (χ1n) is 3.73. The molecular weight excluding hydrogens is 199 g/mol. The van der Waals surface area contributed by atoms with Gasteiger partial charge in [0, 0.05) is 0 Å². The van der Waals surface area contributed by atoms with Crippen molar-refractivity contribution in [3.8, 4) is 0 Å². The van der Waals surface area contributed by atoms with E-state index in [-0.39, 0.29) is 0 Å². The average molecular weight is 211 g/mol. The van der Waals surface area contributed by atoms with E-state index in [0.717, 1.165) is 6.42 Å². The molecule has 0 aliphatic rings. The van der Waals surface area contributed by atoms with Gasteiger partial charge in [-0.25, -0.2) is 0 Å². The van der Waals surface area contributed by atoms with Crippen LogP contribution >= 0.6 is 0 Å². The van der Waals surface area contributed by atoms with Crippen LogP contribution in [0.25, 0.3) is 0 Å². The first-order chi connectivity index (χ1) is 5.33. The van der Waals surface area contributed by atoms with Crippen LogP contribution in [0.5, 0.6) is 0 Å². The monoisotopic (exact) mass is 212 g/mol. The number of hydrogen-bond donors (Lipinski definition) is 0. The molecule has 0 aliphatic carbocycles. The molecule has 0 atom stereocenters. The Morgan fingerprint density at radius 2 is 2.00 bits per heavy atom. The van der Waals surface area contributed by atoms with E-state index in [1.54, 1.807) is 0 Å². The van der Waals surface area contributed by atoms with E-state index >= 15 is 0 Å². The molecule has 0 aromatic heterocycles. The second-order valence-corrected chi connectivity index (χ2v) is 4.94. The number of hydrogen-bond acceptors (Lipinski definition) is 0. The van der Waals surface area contributed by atoms with E-state index in [1.807, 2.05) is 6.07 Å². The van der Waals surface area contributed by atoms with Gasteiger partial charge in [-0.15, -0.1) is 0 Å². The van der Waals surface area contributed by atoms with Crippen molar-refractivity contribution in [3.63, 3.8) is 0 Å². The van der Waals surface area contributed by atoms with Crippen LogP contribution in [0.4, 0.5) is 0 Å². The summed E-state index contributed by atoms with van der Waals surface area (Å²) in [5, 5.41) is 0. The summed E-state index contributed by atoms with van der Waals surface area (Å²) in [5.41, 5.74) is 0. The summed E-state index contributed by atoms with van der Waals surface area (Å²) >= 11 is 0.482. The zero-order valence-electron chi connectivity index (χ0n) is 6.71. The Balaban J connectivity index is 2.58. The summed E-state index contributed by atoms with van der Waals surface area (Å²) in [6, 6.07) is 10.6. The van der Waals surface area contributed by atoms with Crippen molar-refractivity contribution < 1.29 is 0 Å². The molecule has 0 N–H and O–H groups in total. The Morgan fingerprint density at radius 3 is 2.55 bits per heavy atom. The summed E-state index contributed by atoms with van der Waals surface area (Å²) in [4.78, 5) is 0. The molecular formula is C10H12Se. The van der Waals surface area contributed by atoms with Crippen LogP contribution in [-0.2, 0) is 0 Å². The topological polar surface area (TPSA) is 0 Å². The normalized spacial score (nSPS) is 9.55. The van der Waals surface area contributed by atoms with Crippen molar-refractivity contribution >= 4 is 19.4 Å². The van der Waals surface area contributed by atoms with Crippen LogP contribution in [-0.4, -0.2) is 15.0 Å². The summed E-state index contributed by atoms with van der Waals surface area (Å²) in [5.74, 6) is 0. The maximum atomic E-state index is 4.00. The molecule has 0 heterocycles. The Labute approximate surface area is 74.5 Å². The molecule has 0 unspecified atom stereocenters.